The third-order valence-electron chi connectivity index (χ3n) is 2.65. The first-order chi connectivity index (χ1) is 8.19. The highest BCUT2D eigenvalue weighted by atomic mass is 16.5. The molecule has 17 heavy (non-hydrogen) atoms. The van der Waals surface area contributed by atoms with Gasteiger partial charge in [-0.2, -0.15) is 0 Å². The van der Waals surface area contributed by atoms with Gasteiger partial charge in [-0.25, -0.2) is 0 Å². The van der Waals surface area contributed by atoms with Gasteiger partial charge >= 0.3 is 0 Å². The van der Waals surface area contributed by atoms with Crippen molar-refractivity contribution in [2.24, 2.45) is 0 Å². The lowest BCUT2D eigenvalue weighted by Crippen LogP contribution is -2.39. The van der Waals surface area contributed by atoms with Gasteiger partial charge in [0.1, 0.15) is 0 Å². The van der Waals surface area contributed by atoms with Gasteiger partial charge < -0.3 is 15.4 Å². The summed E-state index contributed by atoms with van der Waals surface area (Å²) in [5.74, 6) is -0.110. The molecule has 0 spiro atoms. The molecule has 0 heterocycles. The maximum absolute atomic E-state index is 11.9. The molecule has 4 nitrogen and oxygen atoms in total. The summed E-state index contributed by atoms with van der Waals surface area (Å²) in [6, 6.07) is 9.71. The Kier molecular flexibility index (Phi) is 5.66. The van der Waals surface area contributed by atoms with Gasteiger partial charge in [0.25, 0.3) is 5.91 Å². The Balaban J connectivity index is 2.59. The van der Waals surface area contributed by atoms with Crippen LogP contribution in [0.2, 0.25) is 0 Å². The summed E-state index contributed by atoms with van der Waals surface area (Å²) in [5, 5.41) is 5.92. The van der Waals surface area contributed by atoms with Gasteiger partial charge in [-0.1, -0.05) is 30.3 Å². The van der Waals surface area contributed by atoms with Crippen molar-refractivity contribution in [1.82, 2.24) is 10.6 Å². The van der Waals surface area contributed by atoms with Gasteiger partial charge in [0.2, 0.25) is 0 Å². The Morgan fingerprint density at radius 1 is 1.35 bits per heavy atom. The molecule has 0 aliphatic carbocycles. The molecule has 2 unspecified atom stereocenters. The van der Waals surface area contributed by atoms with E-state index in [-0.39, 0.29) is 11.9 Å². The van der Waals surface area contributed by atoms with Crippen LogP contribution in [0, 0.1) is 0 Å². The largest absolute Gasteiger partial charge is 0.367 e. The lowest BCUT2D eigenvalue weighted by Gasteiger charge is -2.17. The molecule has 2 N–H and O–H groups in total. The minimum Gasteiger partial charge on any atom is -0.367 e. The zero-order valence-electron chi connectivity index (χ0n) is 10.6. The van der Waals surface area contributed by atoms with E-state index in [0.717, 1.165) is 5.56 Å². The second-order valence-electron chi connectivity index (χ2n) is 3.96. The van der Waals surface area contributed by atoms with Crippen LogP contribution in [0.5, 0.6) is 0 Å². The molecule has 0 aromatic heterocycles. The Bertz CT molecular complexity index is 341. The number of methoxy groups -OCH3 is 1. The fraction of sp³-hybridized carbons (Fsp3) is 0.462. The van der Waals surface area contributed by atoms with Crippen molar-refractivity contribution in [3.05, 3.63) is 35.9 Å². The number of nitrogens with one attached hydrogen (secondary N) is 2. The van der Waals surface area contributed by atoms with Gasteiger partial charge in [0.15, 0.2) is 6.10 Å². The van der Waals surface area contributed by atoms with Crippen LogP contribution in [-0.4, -0.2) is 32.7 Å². The summed E-state index contributed by atoms with van der Waals surface area (Å²) in [6.45, 7) is 2.59. The molecular weight excluding hydrogens is 216 g/mol. The van der Waals surface area contributed by atoms with Gasteiger partial charge in [-0.3, -0.25) is 4.79 Å². The average molecular weight is 236 g/mol. The number of carbonyl (C=O) groups is 1. The molecule has 94 valence electrons. The molecule has 0 saturated heterocycles. The van der Waals surface area contributed by atoms with Crippen LogP contribution in [0.4, 0.5) is 0 Å². The predicted octanol–water partition coefficient (Wildman–Crippen LogP) is 1.10. The van der Waals surface area contributed by atoms with Crippen molar-refractivity contribution in [1.29, 1.82) is 0 Å². The Labute approximate surface area is 102 Å². The zero-order valence-corrected chi connectivity index (χ0v) is 10.6. The number of hydrogen-bond donors (Lipinski definition) is 2. The van der Waals surface area contributed by atoms with E-state index in [0.29, 0.717) is 6.54 Å². The lowest BCUT2D eigenvalue weighted by atomic mass is 10.1. The highest BCUT2D eigenvalue weighted by Crippen LogP contribution is 2.15. The monoisotopic (exact) mass is 236 g/mol. The smallest absolute Gasteiger partial charge is 0.253 e. The molecule has 4 heteroatoms. The first kappa shape index (κ1) is 13.7. The van der Waals surface area contributed by atoms with E-state index in [1.807, 2.05) is 44.3 Å². The minimum absolute atomic E-state index is 0.110. The molecule has 1 aromatic carbocycles. The summed E-state index contributed by atoms with van der Waals surface area (Å²) in [5.41, 5.74) is 0.865. The maximum atomic E-state index is 11.9. The zero-order chi connectivity index (χ0) is 12.7. The summed E-state index contributed by atoms with van der Waals surface area (Å²) < 4.78 is 5.23. The molecular formula is C13H20N2O2. The average Bonchev–Trinajstić information content (AvgIpc) is 2.38. The molecule has 1 rings (SSSR count). The normalized spacial score (nSPS) is 14.1. The molecule has 0 fully saturated rings. The second kappa shape index (κ2) is 7.04. The Hall–Kier alpha value is -1.39. The summed E-state index contributed by atoms with van der Waals surface area (Å²) >= 11 is 0. The van der Waals surface area contributed by atoms with E-state index in [2.05, 4.69) is 10.6 Å². The van der Waals surface area contributed by atoms with Gasteiger partial charge in [0.05, 0.1) is 0 Å². The topological polar surface area (TPSA) is 50.4 Å². The van der Waals surface area contributed by atoms with Crippen molar-refractivity contribution in [2.45, 2.75) is 19.1 Å². The number of rotatable bonds is 6. The predicted molar refractivity (Wildman–Crippen MR) is 67.7 cm³/mol. The highest BCUT2D eigenvalue weighted by Gasteiger charge is 2.19. The number of likely N-dealkylation sites (N-methyl/N-ethyl adjacent to an activating group) is 1. The SMILES string of the molecule is CNC(C)CNC(=O)C(OC)c1ccccc1. The third kappa shape index (κ3) is 4.17. The minimum atomic E-state index is -0.541. The van der Waals surface area contributed by atoms with Crippen LogP contribution in [-0.2, 0) is 9.53 Å². The molecule has 1 aromatic rings. The molecule has 1 amide bonds. The number of ether oxygens (including phenoxy) is 1. The van der Waals surface area contributed by atoms with Crippen molar-refractivity contribution in [2.75, 3.05) is 20.7 Å². The van der Waals surface area contributed by atoms with Crippen LogP contribution >= 0.6 is 0 Å². The Morgan fingerprint density at radius 2 is 2.00 bits per heavy atom. The van der Waals surface area contributed by atoms with Gasteiger partial charge in [0, 0.05) is 19.7 Å². The van der Waals surface area contributed by atoms with Crippen molar-refractivity contribution in [3.63, 3.8) is 0 Å². The molecule has 0 saturated carbocycles. The van der Waals surface area contributed by atoms with E-state index < -0.39 is 6.10 Å². The van der Waals surface area contributed by atoms with Crippen LogP contribution in [0.15, 0.2) is 30.3 Å². The number of hydrogen-bond acceptors (Lipinski definition) is 3. The molecule has 0 aliphatic heterocycles. The highest BCUT2D eigenvalue weighted by molar-refractivity contribution is 5.82. The first-order valence-electron chi connectivity index (χ1n) is 5.71. The van der Waals surface area contributed by atoms with Crippen molar-refractivity contribution >= 4 is 5.91 Å². The van der Waals surface area contributed by atoms with Crippen LogP contribution in [0.25, 0.3) is 0 Å². The van der Waals surface area contributed by atoms with Crippen LogP contribution in [0.1, 0.15) is 18.6 Å². The van der Waals surface area contributed by atoms with E-state index in [4.69, 9.17) is 4.74 Å². The fourth-order valence-electron chi connectivity index (χ4n) is 1.47. The molecule has 0 aliphatic rings. The molecule has 0 bridgehead atoms. The van der Waals surface area contributed by atoms with E-state index in [1.54, 1.807) is 7.11 Å². The maximum Gasteiger partial charge on any atom is 0.253 e. The third-order valence-corrected chi connectivity index (χ3v) is 2.65. The Morgan fingerprint density at radius 3 is 2.53 bits per heavy atom. The van der Waals surface area contributed by atoms with Crippen molar-refractivity contribution < 1.29 is 9.53 Å². The standard InChI is InChI=1S/C13H20N2O2/c1-10(14-2)9-15-13(16)12(17-3)11-7-5-4-6-8-11/h4-8,10,12,14H,9H2,1-3H3,(H,15,16). The van der Waals surface area contributed by atoms with Gasteiger partial charge in [-0.15, -0.1) is 0 Å². The number of carbonyl (C=O) groups excluding carboxylic acids is 1. The van der Waals surface area contributed by atoms with Gasteiger partial charge in [-0.05, 0) is 19.5 Å². The molecule has 0 radical (unpaired) electrons. The van der Waals surface area contributed by atoms with E-state index in [9.17, 15) is 4.79 Å². The summed E-state index contributed by atoms with van der Waals surface area (Å²) in [7, 11) is 3.40. The number of amides is 1. The quantitative estimate of drug-likeness (QED) is 0.777. The van der Waals surface area contributed by atoms with Crippen LogP contribution in [0.3, 0.4) is 0 Å². The molecule has 2 atom stereocenters. The number of benzene rings is 1. The van der Waals surface area contributed by atoms with E-state index >= 15 is 0 Å². The fourth-order valence-corrected chi connectivity index (χ4v) is 1.47. The summed E-state index contributed by atoms with van der Waals surface area (Å²) in [6.07, 6.45) is -0.541. The van der Waals surface area contributed by atoms with Crippen LogP contribution < -0.4 is 10.6 Å². The summed E-state index contributed by atoms with van der Waals surface area (Å²) in [4.78, 5) is 11.9. The van der Waals surface area contributed by atoms with E-state index in [1.165, 1.54) is 0 Å². The second-order valence-corrected chi connectivity index (χ2v) is 3.96. The first-order valence-corrected chi connectivity index (χ1v) is 5.71. The lowest BCUT2D eigenvalue weighted by molar-refractivity contribution is -0.131. The van der Waals surface area contributed by atoms with Crippen molar-refractivity contribution in [3.8, 4) is 0 Å².